The van der Waals surface area contributed by atoms with Crippen molar-refractivity contribution >= 4 is 17.6 Å². The molecule has 0 spiro atoms. The van der Waals surface area contributed by atoms with E-state index in [0.717, 1.165) is 5.56 Å². The molecule has 23 heavy (non-hydrogen) atoms. The summed E-state index contributed by atoms with van der Waals surface area (Å²) in [4.78, 5) is 15.9. The van der Waals surface area contributed by atoms with Gasteiger partial charge in [0.15, 0.2) is 11.4 Å². The molecule has 2 heterocycles. The number of fused-ring (bicyclic) bond motifs is 1. The van der Waals surface area contributed by atoms with Crippen LogP contribution in [0.15, 0.2) is 48.7 Å². The van der Waals surface area contributed by atoms with Crippen molar-refractivity contribution in [2.75, 3.05) is 12.4 Å². The number of pyridine rings is 1. The first-order chi connectivity index (χ1) is 11.2. The summed E-state index contributed by atoms with van der Waals surface area (Å²) in [7, 11) is 1.32. The third-order valence-electron chi connectivity index (χ3n) is 3.43. The molecule has 1 amide bonds. The van der Waals surface area contributed by atoms with E-state index in [0.29, 0.717) is 29.5 Å². The minimum Gasteiger partial charge on any atom is -0.485 e. The number of hydrogen-bond donors (Lipinski definition) is 1. The van der Waals surface area contributed by atoms with E-state index in [4.69, 9.17) is 4.74 Å². The maximum Gasteiger partial charge on any atom is 0.412 e. The minimum atomic E-state index is -0.537. The average molecular weight is 311 g/mol. The fourth-order valence-corrected chi connectivity index (χ4v) is 2.30. The second-order valence-corrected chi connectivity index (χ2v) is 5.00. The molecule has 0 fully saturated rings. The second-order valence-electron chi connectivity index (χ2n) is 5.00. The van der Waals surface area contributed by atoms with Gasteiger partial charge in [0, 0.05) is 6.20 Å². The van der Waals surface area contributed by atoms with E-state index in [1.165, 1.54) is 7.11 Å². The Hall–Kier alpha value is -3.02. The Morgan fingerprint density at radius 1 is 1.22 bits per heavy atom. The van der Waals surface area contributed by atoms with Crippen LogP contribution < -0.4 is 10.1 Å². The van der Waals surface area contributed by atoms with Crippen molar-refractivity contribution in [3.05, 3.63) is 59.9 Å². The van der Waals surface area contributed by atoms with Gasteiger partial charge in [0.2, 0.25) is 0 Å². The van der Waals surface area contributed by atoms with E-state index >= 15 is 0 Å². The molecule has 0 saturated carbocycles. The summed E-state index contributed by atoms with van der Waals surface area (Å²) in [5, 5.41) is 2.67. The Labute approximate surface area is 133 Å². The lowest BCUT2D eigenvalue weighted by Crippen LogP contribution is -2.13. The molecule has 0 radical (unpaired) electrons. The molecule has 118 valence electrons. The maximum absolute atomic E-state index is 11.5. The summed E-state index contributed by atoms with van der Waals surface area (Å²) in [6.45, 7) is 2.27. The Morgan fingerprint density at radius 2 is 2.00 bits per heavy atom. The number of methoxy groups -OCH3 is 1. The van der Waals surface area contributed by atoms with Crippen LogP contribution in [0.4, 0.5) is 10.6 Å². The van der Waals surface area contributed by atoms with Crippen LogP contribution in [-0.2, 0) is 11.3 Å². The van der Waals surface area contributed by atoms with Gasteiger partial charge in [-0.3, -0.25) is 9.72 Å². The minimum absolute atomic E-state index is 0.451. The summed E-state index contributed by atoms with van der Waals surface area (Å²) < 4.78 is 12.3. The van der Waals surface area contributed by atoms with Crippen molar-refractivity contribution in [3.8, 4) is 5.75 Å². The number of carbonyl (C=O) groups is 1. The van der Waals surface area contributed by atoms with Gasteiger partial charge >= 0.3 is 6.09 Å². The van der Waals surface area contributed by atoms with Crippen LogP contribution in [0.1, 0.15) is 11.3 Å². The van der Waals surface area contributed by atoms with Gasteiger partial charge in [0.25, 0.3) is 0 Å². The SMILES string of the molecule is COC(=O)Nc1c(C)nc2c(OCc3ccccc3)cccn12. The Bertz CT molecular complexity index is 828. The first kappa shape index (κ1) is 14.9. The zero-order chi connectivity index (χ0) is 16.2. The summed E-state index contributed by atoms with van der Waals surface area (Å²) in [6, 6.07) is 13.6. The normalized spacial score (nSPS) is 10.5. The van der Waals surface area contributed by atoms with Gasteiger partial charge in [-0.05, 0) is 24.6 Å². The standard InChI is InChI=1S/C17H17N3O3/c1-12-15(19-17(21)22-2)20-10-6-9-14(16(20)18-12)23-11-13-7-4-3-5-8-13/h3-10H,11H2,1-2H3,(H,19,21). The molecule has 0 saturated heterocycles. The predicted molar refractivity (Wildman–Crippen MR) is 86.7 cm³/mol. The summed E-state index contributed by atoms with van der Waals surface area (Å²) in [5.41, 5.74) is 2.41. The third-order valence-corrected chi connectivity index (χ3v) is 3.43. The highest BCUT2D eigenvalue weighted by molar-refractivity contribution is 5.85. The molecule has 0 bridgehead atoms. The number of imidazole rings is 1. The molecule has 6 heteroatoms. The average Bonchev–Trinajstić information content (AvgIpc) is 2.90. The number of anilines is 1. The molecule has 3 rings (SSSR count). The summed E-state index contributed by atoms with van der Waals surface area (Å²) in [6.07, 6.45) is 1.28. The van der Waals surface area contributed by atoms with Crippen LogP contribution >= 0.6 is 0 Å². The highest BCUT2D eigenvalue weighted by Gasteiger charge is 2.14. The van der Waals surface area contributed by atoms with Gasteiger partial charge in [-0.15, -0.1) is 0 Å². The number of rotatable bonds is 4. The zero-order valence-corrected chi connectivity index (χ0v) is 12.9. The lowest BCUT2D eigenvalue weighted by Gasteiger charge is -2.08. The van der Waals surface area contributed by atoms with Gasteiger partial charge in [-0.25, -0.2) is 9.78 Å². The number of amides is 1. The van der Waals surface area contributed by atoms with E-state index in [1.54, 1.807) is 4.40 Å². The quantitative estimate of drug-likeness (QED) is 0.802. The van der Waals surface area contributed by atoms with E-state index < -0.39 is 6.09 Å². The molecule has 0 aliphatic heterocycles. The van der Waals surface area contributed by atoms with Crippen molar-refractivity contribution in [2.45, 2.75) is 13.5 Å². The predicted octanol–water partition coefficient (Wildman–Crippen LogP) is 3.40. The molecule has 2 aromatic heterocycles. The Morgan fingerprint density at radius 3 is 2.74 bits per heavy atom. The number of hydrogen-bond acceptors (Lipinski definition) is 4. The summed E-state index contributed by atoms with van der Waals surface area (Å²) in [5.74, 6) is 1.22. The van der Waals surface area contributed by atoms with E-state index in [1.807, 2.05) is 55.6 Å². The summed E-state index contributed by atoms with van der Waals surface area (Å²) >= 11 is 0. The van der Waals surface area contributed by atoms with Gasteiger partial charge in [0.05, 0.1) is 12.8 Å². The van der Waals surface area contributed by atoms with Crippen LogP contribution in [0.3, 0.4) is 0 Å². The Kier molecular flexibility index (Phi) is 4.14. The number of ether oxygens (including phenoxy) is 2. The number of benzene rings is 1. The lowest BCUT2D eigenvalue weighted by molar-refractivity contribution is 0.186. The molecule has 3 aromatic rings. The fraction of sp³-hybridized carbons (Fsp3) is 0.176. The monoisotopic (exact) mass is 311 g/mol. The molecule has 1 aromatic carbocycles. The van der Waals surface area contributed by atoms with Crippen LogP contribution in [-0.4, -0.2) is 22.6 Å². The number of nitrogens with one attached hydrogen (secondary N) is 1. The molecule has 0 unspecified atom stereocenters. The highest BCUT2D eigenvalue weighted by Crippen LogP contribution is 2.25. The van der Waals surface area contributed by atoms with E-state index in [-0.39, 0.29) is 0 Å². The zero-order valence-electron chi connectivity index (χ0n) is 12.9. The molecular formula is C17H17N3O3. The fourth-order valence-electron chi connectivity index (χ4n) is 2.30. The van der Waals surface area contributed by atoms with Crippen molar-refractivity contribution in [2.24, 2.45) is 0 Å². The lowest BCUT2D eigenvalue weighted by atomic mass is 10.2. The molecule has 0 atom stereocenters. The van der Waals surface area contributed by atoms with Gasteiger partial charge in [-0.1, -0.05) is 30.3 Å². The molecule has 0 aliphatic carbocycles. The van der Waals surface area contributed by atoms with Gasteiger partial charge in [-0.2, -0.15) is 0 Å². The smallest absolute Gasteiger partial charge is 0.412 e. The largest absolute Gasteiger partial charge is 0.485 e. The molecular weight excluding hydrogens is 294 g/mol. The van der Waals surface area contributed by atoms with Gasteiger partial charge in [0.1, 0.15) is 12.4 Å². The van der Waals surface area contributed by atoms with E-state index in [9.17, 15) is 4.79 Å². The second kappa shape index (κ2) is 6.39. The van der Waals surface area contributed by atoms with Crippen molar-refractivity contribution < 1.29 is 14.3 Å². The first-order valence-corrected chi connectivity index (χ1v) is 7.18. The number of carbonyl (C=O) groups excluding carboxylic acids is 1. The first-order valence-electron chi connectivity index (χ1n) is 7.18. The number of aromatic nitrogens is 2. The van der Waals surface area contributed by atoms with Crippen molar-refractivity contribution in [1.82, 2.24) is 9.38 Å². The maximum atomic E-state index is 11.5. The topological polar surface area (TPSA) is 64.9 Å². The van der Waals surface area contributed by atoms with Crippen LogP contribution in [0.2, 0.25) is 0 Å². The van der Waals surface area contributed by atoms with E-state index in [2.05, 4.69) is 15.0 Å². The molecule has 6 nitrogen and oxygen atoms in total. The van der Waals surface area contributed by atoms with Crippen LogP contribution in [0.25, 0.3) is 5.65 Å². The molecule has 0 aliphatic rings. The van der Waals surface area contributed by atoms with Crippen LogP contribution in [0.5, 0.6) is 5.75 Å². The Balaban J connectivity index is 1.90. The number of nitrogens with zero attached hydrogens (tertiary/aromatic N) is 2. The number of aryl methyl sites for hydroxylation is 1. The van der Waals surface area contributed by atoms with Crippen molar-refractivity contribution in [3.63, 3.8) is 0 Å². The third kappa shape index (κ3) is 3.11. The van der Waals surface area contributed by atoms with Crippen molar-refractivity contribution in [1.29, 1.82) is 0 Å². The molecule has 1 N–H and O–H groups in total. The highest BCUT2D eigenvalue weighted by atomic mass is 16.5. The van der Waals surface area contributed by atoms with Crippen LogP contribution in [0, 0.1) is 6.92 Å². The van der Waals surface area contributed by atoms with Gasteiger partial charge < -0.3 is 9.47 Å².